The van der Waals surface area contributed by atoms with Gasteiger partial charge in [-0.3, -0.25) is 0 Å². The summed E-state index contributed by atoms with van der Waals surface area (Å²) in [5, 5.41) is 31.2. The standard InChI is InChI=1S/5CN.Mn.NO/c5*1-2;;1-2/q5*-1;;-1. The van der Waals surface area contributed by atoms with Crippen LogP contribution in [0.3, 0.4) is 0 Å². The van der Waals surface area contributed by atoms with Crippen molar-refractivity contribution >= 4 is 0 Å². The molecule has 0 rings (SSSR count). The molecule has 0 bridgehead atoms. The van der Waals surface area contributed by atoms with Crippen LogP contribution in [0.25, 0.3) is 5.59 Å². The molecule has 0 aromatic heterocycles. The van der Waals surface area contributed by atoms with E-state index in [1.165, 1.54) is 0 Å². The molecule has 0 saturated carbocycles. The largest absolute Gasteiger partial charge is 0.577 e. The van der Waals surface area contributed by atoms with E-state index in [1.54, 1.807) is 0 Å². The molecule has 8 heteroatoms. The van der Waals surface area contributed by atoms with Crippen LogP contribution in [0.15, 0.2) is 0 Å². The molecule has 0 fully saturated rings. The normalized spacial score (nSPS) is 1.08. The van der Waals surface area contributed by atoms with Gasteiger partial charge in [0.1, 0.15) is 0 Å². The van der Waals surface area contributed by atoms with Gasteiger partial charge < -0.3 is 69.7 Å². The van der Waals surface area contributed by atoms with Crippen molar-refractivity contribution in [1.82, 2.24) is 0 Å². The van der Waals surface area contributed by atoms with Crippen LogP contribution >= 0.6 is 0 Å². The van der Waals surface area contributed by atoms with Gasteiger partial charge in [-0.05, 0) is 0 Å². The summed E-state index contributed by atoms with van der Waals surface area (Å²) in [7, 11) is 0. The average Bonchev–Trinajstić information content (AvgIpc) is 2.33. The van der Waals surface area contributed by atoms with Crippen molar-refractivity contribution in [2.24, 2.45) is 0 Å². The van der Waals surface area contributed by atoms with E-state index in [1.807, 2.05) is 0 Å². The third-order valence-electron chi connectivity index (χ3n) is 0. The first kappa shape index (κ1) is 76.0. The Bertz CT molecular complexity index is 90.4. The van der Waals surface area contributed by atoms with Gasteiger partial charge in [-0.1, -0.05) is 0 Å². The van der Waals surface area contributed by atoms with Gasteiger partial charge >= 0.3 is 0 Å². The minimum atomic E-state index is 0. The van der Waals surface area contributed by atoms with Crippen LogP contribution in [0.5, 0.6) is 0 Å². The fraction of sp³-hybridized carbons (Fsp3) is 0. The Hall–Kier alpha value is -2.43. The van der Waals surface area contributed by atoms with Crippen LogP contribution in [-0.2, 0) is 17.1 Å². The topological polar surface area (TPSA) is 158 Å². The van der Waals surface area contributed by atoms with E-state index in [9.17, 15) is 0 Å². The van der Waals surface area contributed by atoms with E-state index < -0.39 is 0 Å². The molecular formula is C5MnN6O-6. The molecule has 7 nitrogen and oxygen atoms in total. The van der Waals surface area contributed by atoms with Crippen LogP contribution in [0.1, 0.15) is 0 Å². The summed E-state index contributed by atoms with van der Waals surface area (Å²) in [5.41, 5.74) is 5.75. The third kappa shape index (κ3) is 92.8. The molecule has 0 saturated heterocycles. The predicted molar refractivity (Wildman–Crippen MR) is 31.6 cm³/mol. The summed E-state index contributed by atoms with van der Waals surface area (Å²) in [6.45, 7) is 23.8. The molecule has 0 amide bonds. The second-order valence-corrected chi connectivity index (χ2v) is 0. The van der Waals surface area contributed by atoms with Crippen LogP contribution in [-0.4, -0.2) is 0 Å². The van der Waals surface area contributed by atoms with Crippen molar-refractivity contribution in [3.05, 3.63) is 43.4 Å². The molecule has 0 aliphatic heterocycles. The van der Waals surface area contributed by atoms with E-state index >= 15 is 0 Å². The molecule has 0 N–H and O–H groups in total. The number of rotatable bonds is 0. The van der Waals surface area contributed by atoms with Gasteiger partial charge in [0.05, 0.1) is 0 Å². The summed E-state index contributed by atoms with van der Waals surface area (Å²) in [6.07, 6.45) is 0. The number of nitrogens with zero attached hydrogens (tertiary/aromatic N) is 6. The fourth-order valence-electron chi connectivity index (χ4n) is 0. The van der Waals surface area contributed by atoms with Crippen LogP contribution in [0.2, 0.25) is 0 Å². The Morgan fingerprint density at radius 3 is 0.538 bits per heavy atom. The van der Waals surface area contributed by atoms with Crippen LogP contribution in [0, 0.1) is 64.1 Å². The minimum Gasteiger partial charge on any atom is -0.577 e. The smallest absolute Gasteiger partial charge is 0 e. The minimum absolute atomic E-state index is 0. The first-order valence-corrected chi connectivity index (χ1v) is 1.30. The maximum atomic E-state index is 7.25. The number of hydrogen-bond acceptors (Lipinski definition) is 6. The molecule has 0 atom stereocenters. The molecule has 69 valence electrons. The monoisotopic (exact) mass is 215 g/mol. The zero-order valence-corrected chi connectivity index (χ0v) is 7.15. The second-order valence-electron chi connectivity index (χ2n) is 0. The first-order valence-electron chi connectivity index (χ1n) is 1.30. The van der Waals surface area contributed by atoms with Gasteiger partial charge in [-0.15, -0.1) is 0 Å². The molecule has 13 heavy (non-hydrogen) atoms. The van der Waals surface area contributed by atoms with Crippen molar-refractivity contribution in [2.45, 2.75) is 0 Å². The zero-order valence-electron chi connectivity index (χ0n) is 5.97. The Kier molecular flexibility index (Phi) is 695. The fourth-order valence-corrected chi connectivity index (χ4v) is 0. The number of nitroso groups, excluding NO2 is 1. The summed E-state index contributed by atoms with van der Waals surface area (Å²) in [6, 6.07) is 0. The second kappa shape index (κ2) is 119. The van der Waals surface area contributed by atoms with Crippen LogP contribution in [0.4, 0.5) is 0 Å². The van der Waals surface area contributed by atoms with E-state index in [0.29, 0.717) is 0 Å². The Balaban J connectivity index is -0.00000000655. The van der Waals surface area contributed by atoms with Gasteiger partial charge in [0.25, 0.3) is 0 Å². The van der Waals surface area contributed by atoms with E-state index in [-0.39, 0.29) is 17.1 Å². The van der Waals surface area contributed by atoms with Gasteiger partial charge in [-0.2, -0.15) is 0 Å². The SMILES string of the molecule is [C-]#N.[C-]#N.[C-]#N.[C-]#N.[C-]#N.[Mn].[N-]=O. The molecule has 0 heterocycles. The zero-order chi connectivity index (χ0) is 12.0. The quantitative estimate of drug-likeness (QED) is 0.429. The van der Waals surface area contributed by atoms with Gasteiger partial charge in [-0.25, -0.2) is 0 Å². The predicted octanol–water partition coefficient (Wildman–Crippen LogP) is 0.802. The maximum absolute atomic E-state index is 7.25. The van der Waals surface area contributed by atoms with Gasteiger partial charge in [0.15, 0.2) is 0 Å². The van der Waals surface area contributed by atoms with E-state index in [2.05, 4.69) is 0 Å². The Labute approximate surface area is 87.3 Å². The summed E-state index contributed by atoms with van der Waals surface area (Å²) in [5.74, 6) is 0. The van der Waals surface area contributed by atoms with Crippen molar-refractivity contribution in [1.29, 1.82) is 26.3 Å². The van der Waals surface area contributed by atoms with Crippen molar-refractivity contribution in [3.63, 3.8) is 0 Å². The molecule has 0 aromatic rings. The molecule has 0 aliphatic rings. The van der Waals surface area contributed by atoms with Crippen molar-refractivity contribution < 1.29 is 17.1 Å². The molecule has 0 aromatic carbocycles. The molecule has 0 unspecified atom stereocenters. The van der Waals surface area contributed by atoms with E-state index in [4.69, 9.17) is 69.7 Å². The van der Waals surface area contributed by atoms with Gasteiger partial charge in [0.2, 0.25) is 0 Å². The third-order valence-corrected chi connectivity index (χ3v) is 0. The van der Waals surface area contributed by atoms with Crippen molar-refractivity contribution in [2.75, 3.05) is 0 Å². The molecular weight excluding hydrogens is 215 g/mol. The van der Waals surface area contributed by atoms with Crippen LogP contribution < -0.4 is 0 Å². The Morgan fingerprint density at radius 2 is 0.538 bits per heavy atom. The van der Waals surface area contributed by atoms with Crippen molar-refractivity contribution in [3.8, 4) is 0 Å². The number of hydrogen-bond donors (Lipinski definition) is 0. The summed E-state index contributed by atoms with van der Waals surface area (Å²) in [4.78, 5) is 7.25. The molecule has 0 aliphatic carbocycles. The van der Waals surface area contributed by atoms with E-state index in [0.717, 1.165) is 0 Å². The average molecular weight is 215 g/mol. The summed E-state index contributed by atoms with van der Waals surface area (Å²) >= 11 is 0. The van der Waals surface area contributed by atoms with Gasteiger partial charge in [0, 0.05) is 17.1 Å². The molecule has 0 spiro atoms. The molecule has 1 radical (unpaired) electrons. The maximum Gasteiger partial charge on any atom is 0 e. The summed E-state index contributed by atoms with van der Waals surface area (Å²) < 4.78 is 0. The first-order chi connectivity index (χ1) is 6.00. The Morgan fingerprint density at radius 1 is 0.538 bits per heavy atom.